The van der Waals surface area contributed by atoms with Crippen LogP contribution in [-0.4, -0.2) is 36.2 Å². The van der Waals surface area contributed by atoms with Crippen LogP contribution in [0.5, 0.6) is 0 Å². The van der Waals surface area contributed by atoms with E-state index in [-0.39, 0.29) is 17.7 Å². The number of hydrogen-bond acceptors (Lipinski definition) is 3. The van der Waals surface area contributed by atoms with Gasteiger partial charge in [-0.2, -0.15) is 0 Å². The highest BCUT2D eigenvalue weighted by atomic mass is 16.2. The van der Waals surface area contributed by atoms with E-state index in [9.17, 15) is 14.4 Å². The van der Waals surface area contributed by atoms with Gasteiger partial charge in [0.1, 0.15) is 0 Å². The second-order valence-corrected chi connectivity index (χ2v) is 4.25. The Bertz CT molecular complexity index is 578. The molecule has 0 aliphatic carbocycles. The summed E-state index contributed by atoms with van der Waals surface area (Å²) in [6.07, 6.45) is 1.69. The van der Waals surface area contributed by atoms with Gasteiger partial charge in [-0.1, -0.05) is 18.7 Å². The molecular weight excluding hydrogens is 244 g/mol. The number of hydrogen-bond donors (Lipinski definition) is 1. The van der Waals surface area contributed by atoms with E-state index in [2.05, 4.69) is 11.9 Å². The fourth-order valence-electron chi connectivity index (χ4n) is 2.07. The smallest absolute Gasteiger partial charge is 0.261 e. The number of carbonyl (C=O) groups is 3. The number of imide groups is 1. The first-order valence-corrected chi connectivity index (χ1v) is 5.90. The summed E-state index contributed by atoms with van der Waals surface area (Å²) < 4.78 is 0. The summed E-state index contributed by atoms with van der Waals surface area (Å²) in [5, 5.41) is 2.64. The Balaban J connectivity index is 2.20. The molecular formula is C14H14N2O3. The minimum Gasteiger partial charge on any atom is -0.352 e. The lowest BCUT2D eigenvalue weighted by Crippen LogP contribution is -2.25. The molecule has 2 rings (SSSR count). The van der Waals surface area contributed by atoms with Crippen molar-refractivity contribution in [1.82, 2.24) is 10.2 Å². The van der Waals surface area contributed by atoms with Crippen LogP contribution in [-0.2, 0) is 11.2 Å². The molecule has 1 N–H and O–H groups in total. The quantitative estimate of drug-likeness (QED) is 0.640. The predicted molar refractivity (Wildman–Crippen MR) is 69.8 cm³/mol. The van der Waals surface area contributed by atoms with Gasteiger partial charge in [0.15, 0.2) is 0 Å². The fourth-order valence-corrected chi connectivity index (χ4v) is 2.07. The average molecular weight is 258 g/mol. The zero-order valence-electron chi connectivity index (χ0n) is 10.6. The lowest BCUT2D eigenvalue weighted by atomic mass is 10.0. The molecule has 1 aromatic rings. The standard InChI is InChI=1S/C14H14N2O3/c1-3-11(17)15-8-7-9-5-4-6-10-12(9)14(19)16(2)13(10)18/h3-6H,1,7-8H2,2H3,(H,15,17). The normalized spacial score (nSPS) is 13.4. The zero-order valence-corrected chi connectivity index (χ0v) is 10.6. The van der Waals surface area contributed by atoms with Gasteiger partial charge >= 0.3 is 0 Å². The van der Waals surface area contributed by atoms with Crippen molar-refractivity contribution in [3.8, 4) is 0 Å². The maximum Gasteiger partial charge on any atom is 0.261 e. The van der Waals surface area contributed by atoms with Crippen LogP contribution in [0.2, 0.25) is 0 Å². The maximum absolute atomic E-state index is 12.0. The highest BCUT2D eigenvalue weighted by Gasteiger charge is 2.34. The summed E-state index contributed by atoms with van der Waals surface area (Å²) in [4.78, 5) is 35.9. The van der Waals surface area contributed by atoms with E-state index in [0.29, 0.717) is 24.1 Å². The largest absolute Gasteiger partial charge is 0.352 e. The molecule has 98 valence electrons. The third kappa shape index (κ3) is 2.27. The first-order valence-electron chi connectivity index (χ1n) is 5.90. The molecule has 1 heterocycles. The Kier molecular flexibility index (Phi) is 3.46. The van der Waals surface area contributed by atoms with Crippen LogP contribution < -0.4 is 5.32 Å². The molecule has 0 saturated carbocycles. The van der Waals surface area contributed by atoms with E-state index < -0.39 is 0 Å². The van der Waals surface area contributed by atoms with E-state index in [1.165, 1.54) is 13.1 Å². The minimum atomic E-state index is -0.286. The number of carbonyl (C=O) groups excluding carboxylic acids is 3. The van der Waals surface area contributed by atoms with Crippen molar-refractivity contribution in [2.45, 2.75) is 6.42 Å². The lowest BCUT2D eigenvalue weighted by Gasteiger charge is -2.07. The van der Waals surface area contributed by atoms with Crippen molar-refractivity contribution in [2.24, 2.45) is 0 Å². The molecule has 0 spiro atoms. The summed E-state index contributed by atoms with van der Waals surface area (Å²) in [5.41, 5.74) is 1.65. The predicted octanol–water partition coefficient (Wildman–Crippen LogP) is 0.757. The van der Waals surface area contributed by atoms with Gasteiger partial charge in [0.25, 0.3) is 11.8 Å². The molecule has 0 atom stereocenters. The molecule has 1 aliphatic heterocycles. The monoisotopic (exact) mass is 258 g/mol. The first-order chi connectivity index (χ1) is 9.06. The zero-order chi connectivity index (χ0) is 14.0. The molecule has 0 fully saturated rings. The lowest BCUT2D eigenvalue weighted by molar-refractivity contribution is -0.116. The van der Waals surface area contributed by atoms with Gasteiger partial charge in [-0.25, -0.2) is 0 Å². The first kappa shape index (κ1) is 13.0. The summed E-state index contributed by atoms with van der Waals surface area (Å²) in [7, 11) is 1.47. The molecule has 1 aliphatic rings. The number of fused-ring (bicyclic) bond motifs is 1. The van der Waals surface area contributed by atoms with Crippen LogP contribution in [0.1, 0.15) is 26.3 Å². The second-order valence-electron chi connectivity index (χ2n) is 4.25. The Hall–Kier alpha value is -2.43. The highest BCUT2D eigenvalue weighted by Crippen LogP contribution is 2.25. The van der Waals surface area contributed by atoms with Crippen molar-refractivity contribution in [3.63, 3.8) is 0 Å². The molecule has 0 saturated heterocycles. The third-order valence-electron chi connectivity index (χ3n) is 3.08. The van der Waals surface area contributed by atoms with Crippen LogP contribution in [0.3, 0.4) is 0 Å². The Morgan fingerprint density at radius 3 is 2.79 bits per heavy atom. The maximum atomic E-state index is 12.0. The van der Waals surface area contributed by atoms with Gasteiger partial charge in [-0.05, 0) is 24.1 Å². The molecule has 5 heteroatoms. The molecule has 0 aromatic heterocycles. The molecule has 0 unspecified atom stereocenters. The van der Waals surface area contributed by atoms with Gasteiger partial charge in [-0.15, -0.1) is 0 Å². The van der Waals surface area contributed by atoms with Crippen LogP contribution in [0.4, 0.5) is 0 Å². The minimum absolute atomic E-state index is 0.257. The Morgan fingerprint density at radius 2 is 2.11 bits per heavy atom. The van der Waals surface area contributed by atoms with Crippen molar-refractivity contribution in [1.29, 1.82) is 0 Å². The molecule has 0 bridgehead atoms. The molecule has 0 radical (unpaired) electrons. The number of nitrogens with zero attached hydrogens (tertiary/aromatic N) is 1. The highest BCUT2D eigenvalue weighted by molar-refractivity contribution is 6.21. The van der Waals surface area contributed by atoms with Crippen LogP contribution in [0.25, 0.3) is 0 Å². The third-order valence-corrected chi connectivity index (χ3v) is 3.08. The van der Waals surface area contributed by atoms with Crippen molar-refractivity contribution in [2.75, 3.05) is 13.6 Å². The topological polar surface area (TPSA) is 66.5 Å². The summed E-state index contributed by atoms with van der Waals surface area (Å²) in [5.74, 6) is -0.824. The van der Waals surface area contributed by atoms with Gasteiger partial charge in [0.2, 0.25) is 5.91 Å². The summed E-state index contributed by atoms with van der Waals surface area (Å²) in [6, 6.07) is 5.18. The van der Waals surface area contributed by atoms with Crippen LogP contribution >= 0.6 is 0 Å². The SMILES string of the molecule is C=CC(=O)NCCc1cccc2c1C(=O)N(C)C2=O. The van der Waals surface area contributed by atoms with Crippen molar-refractivity contribution < 1.29 is 14.4 Å². The van der Waals surface area contributed by atoms with E-state index in [1.54, 1.807) is 18.2 Å². The van der Waals surface area contributed by atoms with Crippen molar-refractivity contribution in [3.05, 3.63) is 47.5 Å². The molecule has 1 aromatic carbocycles. The number of benzene rings is 1. The Labute approximate surface area is 110 Å². The van der Waals surface area contributed by atoms with Crippen molar-refractivity contribution >= 4 is 17.7 Å². The second kappa shape index (κ2) is 5.06. The summed E-state index contributed by atoms with van der Waals surface area (Å²) >= 11 is 0. The van der Waals surface area contributed by atoms with Gasteiger partial charge in [0.05, 0.1) is 11.1 Å². The Morgan fingerprint density at radius 1 is 1.37 bits per heavy atom. The summed E-state index contributed by atoms with van der Waals surface area (Å²) in [6.45, 7) is 3.75. The van der Waals surface area contributed by atoms with Gasteiger partial charge in [-0.3, -0.25) is 19.3 Å². The van der Waals surface area contributed by atoms with Gasteiger partial charge < -0.3 is 5.32 Å². The average Bonchev–Trinajstić information content (AvgIpc) is 2.64. The van der Waals surface area contributed by atoms with E-state index in [1.807, 2.05) is 0 Å². The number of nitrogens with one attached hydrogen (secondary N) is 1. The van der Waals surface area contributed by atoms with E-state index >= 15 is 0 Å². The molecule has 19 heavy (non-hydrogen) atoms. The van der Waals surface area contributed by atoms with Crippen LogP contribution in [0.15, 0.2) is 30.9 Å². The molecule has 3 amide bonds. The fraction of sp³-hybridized carbons (Fsp3) is 0.214. The van der Waals surface area contributed by atoms with Gasteiger partial charge in [0, 0.05) is 13.6 Å². The van der Waals surface area contributed by atoms with Crippen LogP contribution in [0, 0.1) is 0 Å². The van der Waals surface area contributed by atoms with E-state index in [4.69, 9.17) is 0 Å². The van der Waals surface area contributed by atoms with E-state index in [0.717, 1.165) is 10.5 Å². The number of amides is 3. The number of rotatable bonds is 4. The molecule has 5 nitrogen and oxygen atoms in total.